The molecule has 15 heavy (non-hydrogen) atoms. The first-order valence-electron chi connectivity index (χ1n) is 4.03. The van der Waals surface area contributed by atoms with E-state index in [2.05, 4.69) is 20.9 Å². The minimum absolute atomic E-state index is 0.289. The van der Waals surface area contributed by atoms with Crippen LogP contribution in [0.15, 0.2) is 28.7 Å². The summed E-state index contributed by atoms with van der Waals surface area (Å²) in [4.78, 5) is 4.14. The number of benzene rings is 1. The van der Waals surface area contributed by atoms with E-state index in [1.165, 1.54) is 11.3 Å². The van der Waals surface area contributed by atoms with Crippen molar-refractivity contribution in [3.05, 3.63) is 38.8 Å². The highest BCUT2D eigenvalue weighted by Gasteiger charge is 2.10. The molecule has 0 radical (unpaired) electrons. The number of thiazole rings is 1. The average molecular weight is 300 g/mol. The van der Waals surface area contributed by atoms with Gasteiger partial charge in [-0.1, -0.05) is 39.7 Å². The van der Waals surface area contributed by atoms with Crippen LogP contribution in [-0.4, -0.2) is 4.98 Å². The van der Waals surface area contributed by atoms with Gasteiger partial charge < -0.3 is 0 Å². The standard InChI is InChI=1S/C10H4BrClN2S/c11-7-3-1-2-6(4-7)10-14-8(5-13)9(12)15-10/h1-4H. The molecule has 0 spiro atoms. The Bertz CT molecular complexity index is 545. The van der Waals surface area contributed by atoms with E-state index in [4.69, 9.17) is 16.9 Å². The molecule has 0 aliphatic heterocycles. The molecule has 0 saturated heterocycles. The number of rotatable bonds is 1. The Morgan fingerprint density at radius 2 is 2.27 bits per heavy atom. The van der Waals surface area contributed by atoms with Crippen molar-refractivity contribution in [1.29, 1.82) is 5.26 Å². The van der Waals surface area contributed by atoms with Crippen molar-refractivity contribution in [2.24, 2.45) is 0 Å². The van der Waals surface area contributed by atoms with Gasteiger partial charge in [0, 0.05) is 10.0 Å². The zero-order valence-corrected chi connectivity index (χ0v) is 10.5. The van der Waals surface area contributed by atoms with Crippen LogP contribution in [0.3, 0.4) is 0 Å². The Labute approximate surface area is 104 Å². The Balaban J connectivity index is 2.51. The molecule has 0 unspecified atom stereocenters. The predicted octanol–water partition coefficient (Wildman–Crippen LogP) is 4.10. The van der Waals surface area contributed by atoms with Crippen molar-refractivity contribution in [2.75, 3.05) is 0 Å². The smallest absolute Gasteiger partial charge is 0.170 e. The predicted molar refractivity (Wildman–Crippen MR) is 65.0 cm³/mol. The summed E-state index contributed by atoms with van der Waals surface area (Å²) < 4.78 is 1.41. The van der Waals surface area contributed by atoms with Gasteiger partial charge in [0.1, 0.15) is 15.4 Å². The van der Waals surface area contributed by atoms with E-state index >= 15 is 0 Å². The lowest BCUT2D eigenvalue weighted by Gasteiger charge is -1.95. The normalized spacial score (nSPS) is 9.93. The van der Waals surface area contributed by atoms with Gasteiger partial charge in [0.15, 0.2) is 5.69 Å². The Morgan fingerprint density at radius 1 is 1.47 bits per heavy atom. The largest absolute Gasteiger partial charge is 0.224 e. The number of hydrogen-bond acceptors (Lipinski definition) is 3. The lowest BCUT2D eigenvalue weighted by atomic mass is 10.2. The quantitative estimate of drug-likeness (QED) is 0.795. The molecule has 74 valence electrons. The molecule has 2 aromatic rings. The maximum atomic E-state index is 8.73. The van der Waals surface area contributed by atoms with Crippen LogP contribution in [0.2, 0.25) is 4.34 Å². The van der Waals surface area contributed by atoms with Gasteiger partial charge in [-0.15, -0.1) is 11.3 Å². The molecule has 2 nitrogen and oxygen atoms in total. The van der Waals surface area contributed by atoms with Gasteiger partial charge in [-0.25, -0.2) is 4.98 Å². The van der Waals surface area contributed by atoms with E-state index in [1.807, 2.05) is 30.3 Å². The highest BCUT2D eigenvalue weighted by Crippen LogP contribution is 2.32. The fraction of sp³-hybridized carbons (Fsp3) is 0. The van der Waals surface area contributed by atoms with E-state index < -0.39 is 0 Å². The van der Waals surface area contributed by atoms with Crippen LogP contribution in [0, 0.1) is 11.3 Å². The lowest BCUT2D eigenvalue weighted by Crippen LogP contribution is -1.77. The highest BCUT2D eigenvalue weighted by molar-refractivity contribution is 9.10. The van der Waals surface area contributed by atoms with E-state index in [1.54, 1.807) is 0 Å². The van der Waals surface area contributed by atoms with Gasteiger partial charge in [0.2, 0.25) is 0 Å². The van der Waals surface area contributed by atoms with Crippen molar-refractivity contribution in [1.82, 2.24) is 4.98 Å². The second kappa shape index (κ2) is 4.31. The topological polar surface area (TPSA) is 36.7 Å². The third-order valence-electron chi connectivity index (χ3n) is 1.76. The van der Waals surface area contributed by atoms with Crippen molar-refractivity contribution in [3.63, 3.8) is 0 Å². The lowest BCUT2D eigenvalue weighted by molar-refractivity contribution is 1.33. The van der Waals surface area contributed by atoms with Crippen LogP contribution in [0.5, 0.6) is 0 Å². The van der Waals surface area contributed by atoms with Crippen LogP contribution in [-0.2, 0) is 0 Å². The molecule has 0 atom stereocenters. The monoisotopic (exact) mass is 298 g/mol. The minimum Gasteiger partial charge on any atom is -0.224 e. The summed E-state index contributed by atoms with van der Waals surface area (Å²) in [5.41, 5.74) is 1.24. The molecule has 1 aromatic heterocycles. The molecule has 1 heterocycles. The van der Waals surface area contributed by atoms with E-state index in [0.717, 1.165) is 15.0 Å². The zero-order chi connectivity index (χ0) is 10.8. The number of hydrogen-bond donors (Lipinski definition) is 0. The van der Waals surface area contributed by atoms with Crippen LogP contribution in [0.25, 0.3) is 10.6 Å². The Kier molecular flexibility index (Phi) is 3.06. The fourth-order valence-corrected chi connectivity index (χ4v) is 2.56. The maximum absolute atomic E-state index is 8.73. The van der Waals surface area contributed by atoms with Gasteiger partial charge in [-0.3, -0.25) is 0 Å². The SMILES string of the molecule is N#Cc1nc(-c2cccc(Br)c2)sc1Cl. The molecule has 1 aromatic carbocycles. The molecule has 0 aliphatic rings. The minimum atomic E-state index is 0.289. The maximum Gasteiger partial charge on any atom is 0.170 e. The van der Waals surface area contributed by atoms with Crippen molar-refractivity contribution >= 4 is 38.9 Å². The second-order valence-corrected chi connectivity index (χ2v) is 5.28. The van der Waals surface area contributed by atoms with Crippen molar-refractivity contribution in [2.45, 2.75) is 0 Å². The first-order valence-corrected chi connectivity index (χ1v) is 6.02. The van der Waals surface area contributed by atoms with Crippen LogP contribution in [0.1, 0.15) is 5.69 Å². The van der Waals surface area contributed by atoms with Gasteiger partial charge in [0.25, 0.3) is 0 Å². The first-order chi connectivity index (χ1) is 7.20. The summed E-state index contributed by atoms with van der Waals surface area (Å²) in [5, 5.41) is 9.50. The highest BCUT2D eigenvalue weighted by atomic mass is 79.9. The van der Waals surface area contributed by atoms with Crippen molar-refractivity contribution in [3.8, 4) is 16.6 Å². The molecule has 0 amide bonds. The molecule has 0 N–H and O–H groups in total. The van der Waals surface area contributed by atoms with E-state index in [9.17, 15) is 0 Å². The van der Waals surface area contributed by atoms with Crippen LogP contribution >= 0.6 is 38.9 Å². The number of aromatic nitrogens is 1. The van der Waals surface area contributed by atoms with Crippen LogP contribution in [0.4, 0.5) is 0 Å². The third-order valence-corrected chi connectivity index (χ3v) is 3.56. The first kappa shape index (κ1) is 10.6. The molecule has 0 bridgehead atoms. The molecular formula is C10H4BrClN2S. The molecule has 0 fully saturated rings. The van der Waals surface area contributed by atoms with E-state index in [-0.39, 0.29) is 5.69 Å². The van der Waals surface area contributed by atoms with Gasteiger partial charge in [-0.05, 0) is 12.1 Å². The van der Waals surface area contributed by atoms with Gasteiger partial charge in [-0.2, -0.15) is 5.26 Å². The van der Waals surface area contributed by atoms with E-state index in [0.29, 0.717) is 4.34 Å². The Morgan fingerprint density at radius 3 is 2.87 bits per heavy atom. The molecule has 5 heteroatoms. The molecular weight excluding hydrogens is 296 g/mol. The summed E-state index contributed by atoms with van der Waals surface area (Å²) >= 11 is 10.5. The van der Waals surface area contributed by atoms with Crippen molar-refractivity contribution < 1.29 is 0 Å². The second-order valence-electron chi connectivity index (χ2n) is 2.76. The molecule has 2 rings (SSSR count). The number of nitriles is 1. The number of halogens is 2. The fourth-order valence-electron chi connectivity index (χ4n) is 1.12. The summed E-state index contributed by atoms with van der Waals surface area (Å²) in [6.07, 6.45) is 0. The summed E-state index contributed by atoms with van der Waals surface area (Å²) in [7, 11) is 0. The summed E-state index contributed by atoms with van der Waals surface area (Å²) in [6.45, 7) is 0. The average Bonchev–Trinajstić information content (AvgIpc) is 2.60. The molecule has 0 saturated carbocycles. The summed E-state index contributed by atoms with van der Waals surface area (Å²) in [5.74, 6) is 0. The van der Waals surface area contributed by atoms with Gasteiger partial charge in [0.05, 0.1) is 0 Å². The molecule has 0 aliphatic carbocycles. The number of nitrogens with zero attached hydrogens (tertiary/aromatic N) is 2. The zero-order valence-electron chi connectivity index (χ0n) is 7.37. The third kappa shape index (κ3) is 2.20. The Hall–Kier alpha value is -0.890. The van der Waals surface area contributed by atoms with Crippen LogP contribution < -0.4 is 0 Å². The van der Waals surface area contributed by atoms with Gasteiger partial charge >= 0.3 is 0 Å². The summed E-state index contributed by atoms with van der Waals surface area (Å²) in [6, 6.07) is 9.68.